The van der Waals surface area contributed by atoms with Crippen LogP contribution in [0.5, 0.6) is 0 Å². The number of carbonyl (C=O) groups excluding carboxylic acids is 2. The first-order chi connectivity index (χ1) is 18.0. The zero-order valence-corrected chi connectivity index (χ0v) is 20.7. The molecule has 0 radical (unpaired) electrons. The largest absolute Gasteiger partial charge is 0.335 e. The predicted octanol–water partition coefficient (Wildman–Crippen LogP) is 5.24. The number of pyridine rings is 3. The van der Waals surface area contributed by atoms with Crippen molar-refractivity contribution in [2.24, 2.45) is 0 Å². The van der Waals surface area contributed by atoms with Gasteiger partial charge in [-0.25, -0.2) is 4.98 Å². The van der Waals surface area contributed by atoms with Crippen molar-refractivity contribution in [1.29, 1.82) is 0 Å². The Morgan fingerprint density at radius 1 is 1.03 bits per heavy atom. The lowest BCUT2D eigenvalue weighted by atomic mass is 10.1. The lowest BCUT2D eigenvalue weighted by Crippen LogP contribution is -2.09. The molecule has 1 amide bonds. The molecule has 6 aromatic heterocycles. The van der Waals surface area contributed by atoms with Crippen LogP contribution in [0.3, 0.4) is 0 Å². The lowest BCUT2D eigenvalue weighted by molar-refractivity contribution is -0.115. The van der Waals surface area contributed by atoms with Crippen LogP contribution >= 0.6 is 11.3 Å². The fourth-order valence-corrected chi connectivity index (χ4v) is 4.96. The number of rotatable bonds is 6. The van der Waals surface area contributed by atoms with E-state index in [0.717, 1.165) is 37.9 Å². The van der Waals surface area contributed by atoms with Crippen LogP contribution in [0.2, 0.25) is 0 Å². The third-order valence-corrected chi connectivity index (χ3v) is 7.14. The first-order valence-electron chi connectivity index (χ1n) is 11.5. The third-order valence-electron chi connectivity index (χ3n) is 5.92. The maximum absolute atomic E-state index is 11.8. The topological polar surface area (TPSA) is 142 Å². The molecular formula is C26H20N8O2S. The van der Waals surface area contributed by atoms with Crippen LogP contribution < -0.4 is 5.32 Å². The zero-order valence-electron chi connectivity index (χ0n) is 19.9. The smallest absolute Gasteiger partial charge is 0.224 e. The number of aromatic amines is 2. The molecule has 6 rings (SSSR count). The highest BCUT2D eigenvalue weighted by Gasteiger charge is 2.18. The zero-order chi connectivity index (χ0) is 25.5. The van der Waals surface area contributed by atoms with Gasteiger partial charge >= 0.3 is 0 Å². The van der Waals surface area contributed by atoms with Crippen molar-refractivity contribution >= 4 is 50.7 Å². The number of fused-ring (bicyclic) bond motifs is 2. The minimum absolute atomic E-state index is 0.0278. The van der Waals surface area contributed by atoms with E-state index >= 15 is 0 Å². The summed E-state index contributed by atoms with van der Waals surface area (Å²) < 4.78 is 0. The Bertz CT molecular complexity index is 1820. The number of Topliss-reactive ketones (excluding diaryl/α,β-unsaturated/α-hetero) is 1. The van der Waals surface area contributed by atoms with Gasteiger partial charge in [-0.1, -0.05) is 6.92 Å². The molecule has 0 aliphatic heterocycles. The van der Waals surface area contributed by atoms with Gasteiger partial charge in [0.1, 0.15) is 11.2 Å². The summed E-state index contributed by atoms with van der Waals surface area (Å²) >= 11 is 1.42. The van der Waals surface area contributed by atoms with Crippen LogP contribution in [-0.2, 0) is 4.79 Å². The minimum Gasteiger partial charge on any atom is -0.335 e. The van der Waals surface area contributed by atoms with Crippen molar-refractivity contribution in [2.45, 2.75) is 20.3 Å². The number of nitrogens with zero attached hydrogens (tertiary/aromatic N) is 5. The molecule has 0 aliphatic rings. The van der Waals surface area contributed by atoms with E-state index in [1.165, 1.54) is 11.3 Å². The Morgan fingerprint density at radius 3 is 2.70 bits per heavy atom. The monoisotopic (exact) mass is 508 g/mol. The van der Waals surface area contributed by atoms with Crippen LogP contribution in [0.15, 0.2) is 55.2 Å². The van der Waals surface area contributed by atoms with Gasteiger partial charge in [0.05, 0.1) is 45.9 Å². The molecular weight excluding hydrogens is 488 g/mol. The Hall–Kier alpha value is -4.77. The van der Waals surface area contributed by atoms with Crippen LogP contribution in [-0.4, -0.2) is 46.8 Å². The first-order valence-corrected chi connectivity index (χ1v) is 12.4. The normalized spacial score (nSPS) is 11.3. The highest BCUT2D eigenvalue weighted by molar-refractivity contribution is 7.17. The van der Waals surface area contributed by atoms with E-state index in [0.29, 0.717) is 34.2 Å². The number of aromatic nitrogens is 7. The molecule has 0 saturated heterocycles. The number of thiophene rings is 1. The molecule has 10 nitrogen and oxygen atoms in total. The SMILES string of the molecule is CCC(=O)Nc1cncc(-c2cc3c(-c4nc5c(-c6ccc(C(C)=O)s6)cncc5[nH]4)n[nH]c3cn2)c1. The standard InChI is InChI=1S/C26H20N8O2S/c1-3-23(36)30-15-6-14(8-27-9-15)18-7-16-19(12-29-18)33-34-25(16)26-31-20-11-28-10-17(24(20)32-26)22-5-4-21(37-22)13(2)35/h4-12H,3H2,1-2H3,(H,30,36)(H,31,32)(H,33,34). The van der Waals surface area contributed by atoms with Crippen LogP contribution in [0.4, 0.5) is 5.69 Å². The predicted molar refractivity (Wildman–Crippen MR) is 142 cm³/mol. The summed E-state index contributed by atoms with van der Waals surface area (Å²) in [4.78, 5) is 46.5. The van der Waals surface area contributed by atoms with Crippen molar-refractivity contribution in [3.05, 3.63) is 60.1 Å². The quantitative estimate of drug-likeness (QED) is 0.261. The van der Waals surface area contributed by atoms with Gasteiger partial charge in [0.25, 0.3) is 0 Å². The summed E-state index contributed by atoms with van der Waals surface area (Å²) in [6.45, 7) is 3.35. The molecule has 0 saturated carbocycles. The molecule has 182 valence electrons. The molecule has 0 aromatic carbocycles. The van der Waals surface area contributed by atoms with Gasteiger partial charge in [-0.3, -0.25) is 29.6 Å². The summed E-state index contributed by atoms with van der Waals surface area (Å²) in [6, 6.07) is 7.49. The van der Waals surface area contributed by atoms with E-state index in [2.05, 4.69) is 35.5 Å². The first kappa shape index (κ1) is 22.7. The van der Waals surface area contributed by atoms with Gasteiger partial charge in [0.15, 0.2) is 11.6 Å². The number of imidazole rings is 1. The van der Waals surface area contributed by atoms with Crippen LogP contribution in [0, 0.1) is 0 Å². The number of hydrogen-bond donors (Lipinski definition) is 3. The maximum Gasteiger partial charge on any atom is 0.224 e. The number of carbonyl (C=O) groups is 2. The lowest BCUT2D eigenvalue weighted by Gasteiger charge is -2.06. The van der Waals surface area contributed by atoms with Gasteiger partial charge in [-0.15, -0.1) is 11.3 Å². The van der Waals surface area contributed by atoms with Crippen molar-refractivity contribution in [3.8, 4) is 33.2 Å². The Morgan fingerprint density at radius 2 is 1.89 bits per heavy atom. The Balaban J connectivity index is 1.42. The number of hydrogen-bond acceptors (Lipinski definition) is 8. The van der Waals surface area contributed by atoms with E-state index in [1.807, 2.05) is 24.3 Å². The fourth-order valence-electron chi connectivity index (χ4n) is 4.05. The molecule has 11 heteroatoms. The average molecular weight is 509 g/mol. The highest BCUT2D eigenvalue weighted by Crippen LogP contribution is 2.35. The number of H-pyrrole nitrogens is 2. The second-order valence-corrected chi connectivity index (χ2v) is 9.52. The van der Waals surface area contributed by atoms with Gasteiger partial charge < -0.3 is 10.3 Å². The minimum atomic E-state index is -0.0849. The molecule has 37 heavy (non-hydrogen) atoms. The number of amides is 1. The maximum atomic E-state index is 11.8. The van der Waals surface area contributed by atoms with Crippen molar-refractivity contribution in [1.82, 2.24) is 35.1 Å². The van der Waals surface area contributed by atoms with E-state index < -0.39 is 0 Å². The second-order valence-electron chi connectivity index (χ2n) is 8.44. The van der Waals surface area contributed by atoms with E-state index in [4.69, 9.17) is 4.98 Å². The molecule has 6 heterocycles. The number of nitrogens with one attached hydrogen (secondary N) is 3. The number of anilines is 1. The fraction of sp³-hybridized carbons (Fsp3) is 0.115. The van der Waals surface area contributed by atoms with Gasteiger partial charge in [0, 0.05) is 40.2 Å². The van der Waals surface area contributed by atoms with Gasteiger partial charge in [0.2, 0.25) is 5.91 Å². The summed E-state index contributed by atoms with van der Waals surface area (Å²) in [5, 5.41) is 11.2. The summed E-state index contributed by atoms with van der Waals surface area (Å²) in [5.41, 5.74) is 5.80. The summed E-state index contributed by atoms with van der Waals surface area (Å²) in [6.07, 6.45) is 8.87. The average Bonchev–Trinajstić information content (AvgIpc) is 3.66. The molecule has 0 spiro atoms. The van der Waals surface area contributed by atoms with Crippen molar-refractivity contribution in [3.63, 3.8) is 0 Å². The number of ketones is 1. The highest BCUT2D eigenvalue weighted by atomic mass is 32.1. The van der Waals surface area contributed by atoms with Gasteiger partial charge in [-0.05, 0) is 31.2 Å². The second kappa shape index (κ2) is 9.03. The Kier molecular flexibility index (Phi) is 5.53. The van der Waals surface area contributed by atoms with E-state index in [-0.39, 0.29) is 11.7 Å². The van der Waals surface area contributed by atoms with Gasteiger partial charge in [-0.2, -0.15) is 5.10 Å². The molecule has 0 fully saturated rings. The van der Waals surface area contributed by atoms with Crippen LogP contribution in [0.25, 0.3) is 55.2 Å². The summed E-state index contributed by atoms with van der Waals surface area (Å²) in [7, 11) is 0. The van der Waals surface area contributed by atoms with Crippen LogP contribution in [0.1, 0.15) is 29.9 Å². The molecule has 3 N–H and O–H groups in total. The van der Waals surface area contributed by atoms with Crippen molar-refractivity contribution < 1.29 is 9.59 Å². The molecule has 0 bridgehead atoms. The molecule has 0 atom stereocenters. The molecule has 6 aromatic rings. The molecule has 0 unspecified atom stereocenters. The van der Waals surface area contributed by atoms with E-state index in [9.17, 15) is 9.59 Å². The third kappa shape index (κ3) is 4.15. The van der Waals surface area contributed by atoms with Crippen molar-refractivity contribution in [2.75, 3.05) is 5.32 Å². The summed E-state index contributed by atoms with van der Waals surface area (Å²) in [5.74, 6) is 0.524. The Labute approximate surface area is 214 Å². The molecule has 0 aliphatic carbocycles. The van der Waals surface area contributed by atoms with E-state index in [1.54, 1.807) is 44.8 Å².